The number of phenolic OH excluding ortho intramolecular Hbond substituents is 1. The quantitative estimate of drug-likeness (QED) is 0.283. The van der Waals surface area contributed by atoms with Crippen molar-refractivity contribution in [2.75, 3.05) is 5.73 Å². The fourth-order valence-corrected chi connectivity index (χ4v) is 3.21. The van der Waals surface area contributed by atoms with Crippen molar-refractivity contribution in [2.45, 2.75) is 19.3 Å². The molecule has 30 heavy (non-hydrogen) atoms. The first-order valence-electron chi connectivity index (χ1n) is 9.47. The van der Waals surface area contributed by atoms with Crippen LogP contribution < -0.4 is 5.73 Å². The number of aromatic hydroxyl groups is 1. The molecule has 1 aromatic heterocycles. The second-order valence-corrected chi connectivity index (χ2v) is 7.58. The Bertz CT molecular complexity index is 989. The molecule has 154 valence electrons. The standard InChI is InChI=1S/C22H22O2.C3H4N2S/c1-4-6-18(5-2)22(24)20-9-7-17(8-10-20)15-16(3)19-11-13-21(23)14-12-19;4-3-5-1-2-6-3/h4-14,16,23H,1-2,15H2,3H3;1-2H,(H2,4,5)/b18-6+;. The van der Waals surface area contributed by atoms with Crippen molar-refractivity contribution < 1.29 is 9.90 Å². The molecule has 0 radical (unpaired) electrons. The highest BCUT2D eigenvalue weighted by Gasteiger charge is 2.10. The summed E-state index contributed by atoms with van der Waals surface area (Å²) in [5, 5.41) is 11.8. The Morgan fingerprint density at radius 1 is 1.17 bits per heavy atom. The van der Waals surface area contributed by atoms with Crippen LogP contribution in [0.1, 0.15) is 34.3 Å². The lowest BCUT2D eigenvalue weighted by Gasteiger charge is -2.12. The first-order chi connectivity index (χ1) is 14.4. The van der Waals surface area contributed by atoms with Crippen LogP contribution in [0, 0.1) is 0 Å². The van der Waals surface area contributed by atoms with E-state index in [1.54, 1.807) is 36.6 Å². The number of carbonyl (C=O) groups is 1. The van der Waals surface area contributed by atoms with Crippen LogP contribution in [0.3, 0.4) is 0 Å². The van der Waals surface area contributed by atoms with Gasteiger partial charge in [0.25, 0.3) is 0 Å². The van der Waals surface area contributed by atoms with E-state index in [2.05, 4.69) is 25.1 Å². The summed E-state index contributed by atoms with van der Waals surface area (Å²) in [6.45, 7) is 9.43. The number of nitrogen functional groups attached to an aromatic ring is 1. The number of thiazole rings is 1. The Morgan fingerprint density at radius 3 is 2.30 bits per heavy atom. The summed E-state index contributed by atoms with van der Waals surface area (Å²) in [5.74, 6) is 0.555. The summed E-state index contributed by atoms with van der Waals surface area (Å²) in [6.07, 6.45) is 7.35. The zero-order valence-electron chi connectivity index (χ0n) is 17.0. The van der Waals surface area contributed by atoms with Gasteiger partial charge in [-0.2, -0.15) is 0 Å². The summed E-state index contributed by atoms with van der Waals surface area (Å²) < 4.78 is 0. The number of hydrogen-bond donors (Lipinski definition) is 2. The predicted octanol–water partition coefficient (Wildman–Crippen LogP) is 5.94. The van der Waals surface area contributed by atoms with Gasteiger partial charge in [0, 0.05) is 22.7 Å². The first kappa shape index (κ1) is 22.8. The molecule has 0 amide bonds. The van der Waals surface area contributed by atoms with Crippen LogP contribution >= 0.6 is 11.3 Å². The number of nitrogens with two attached hydrogens (primary N) is 1. The number of anilines is 1. The number of benzene rings is 2. The Hall–Kier alpha value is -3.44. The molecule has 3 aromatic rings. The number of ketones is 1. The SMILES string of the molecule is C=C/C=C(\C=C)C(=O)c1ccc(CC(C)c2ccc(O)cc2)cc1.Nc1nccs1. The van der Waals surface area contributed by atoms with Gasteiger partial charge in [-0.25, -0.2) is 4.98 Å². The molecule has 1 heterocycles. The lowest BCUT2D eigenvalue weighted by molar-refractivity contribution is 0.103. The Kier molecular flexibility index (Phi) is 8.78. The molecule has 1 atom stereocenters. The average molecular weight is 419 g/mol. The van der Waals surface area contributed by atoms with E-state index in [1.165, 1.54) is 22.5 Å². The number of nitrogens with zero attached hydrogens (tertiary/aromatic N) is 1. The van der Waals surface area contributed by atoms with Crippen molar-refractivity contribution in [1.82, 2.24) is 4.98 Å². The second kappa shape index (κ2) is 11.5. The molecule has 0 aliphatic heterocycles. The summed E-state index contributed by atoms with van der Waals surface area (Å²) >= 11 is 1.44. The highest BCUT2D eigenvalue weighted by Crippen LogP contribution is 2.23. The van der Waals surface area contributed by atoms with E-state index in [-0.39, 0.29) is 11.5 Å². The zero-order valence-corrected chi connectivity index (χ0v) is 17.8. The van der Waals surface area contributed by atoms with E-state index in [9.17, 15) is 9.90 Å². The maximum Gasteiger partial charge on any atom is 0.192 e. The summed E-state index contributed by atoms with van der Waals surface area (Å²) in [7, 11) is 0. The minimum Gasteiger partial charge on any atom is -0.508 e. The van der Waals surface area contributed by atoms with Gasteiger partial charge in [-0.3, -0.25) is 4.79 Å². The predicted molar refractivity (Wildman–Crippen MR) is 126 cm³/mol. The number of allylic oxidation sites excluding steroid dienone is 4. The molecule has 0 aliphatic rings. The fourth-order valence-electron chi connectivity index (χ4n) is 2.83. The highest BCUT2D eigenvalue weighted by atomic mass is 32.1. The average Bonchev–Trinajstić information content (AvgIpc) is 3.24. The van der Waals surface area contributed by atoms with Crippen LogP contribution in [-0.4, -0.2) is 15.9 Å². The Balaban J connectivity index is 0.000000456. The van der Waals surface area contributed by atoms with E-state index >= 15 is 0 Å². The molecule has 1 unspecified atom stereocenters. The van der Waals surface area contributed by atoms with Crippen molar-refractivity contribution in [3.63, 3.8) is 0 Å². The van der Waals surface area contributed by atoms with Gasteiger partial charge in [0.1, 0.15) is 5.75 Å². The van der Waals surface area contributed by atoms with Crippen LogP contribution in [0.5, 0.6) is 5.75 Å². The molecule has 0 spiro atoms. The number of hydrogen-bond acceptors (Lipinski definition) is 5. The van der Waals surface area contributed by atoms with E-state index in [0.29, 0.717) is 22.2 Å². The van der Waals surface area contributed by atoms with Crippen LogP contribution in [0.4, 0.5) is 5.13 Å². The maximum atomic E-state index is 12.3. The molecular formula is C25H26N2O2S. The molecule has 3 rings (SSSR count). The van der Waals surface area contributed by atoms with E-state index in [4.69, 9.17) is 5.73 Å². The van der Waals surface area contributed by atoms with E-state index in [0.717, 1.165) is 6.42 Å². The molecule has 3 N–H and O–H groups in total. The van der Waals surface area contributed by atoms with Crippen LogP contribution in [0.15, 0.2) is 97.1 Å². The first-order valence-corrected chi connectivity index (χ1v) is 10.3. The smallest absolute Gasteiger partial charge is 0.192 e. The lowest BCUT2D eigenvalue weighted by Crippen LogP contribution is -2.03. The highest BCUT2D eigenvalue weighted by molar-refractivity contribution is 7.13. The minimum atomic E-state index is -0.0527. The van der Waals surface area contributed by atoms with E-state index in [1.807, 2.05) is 41.8 Å². The van der Waals surface area contributed by atoms with E-state index < -0.39 is 0 Å². The Morgan fingerprint density at radius 2 is 1.83 bits per heavy atom. The van der Waals surface area contributed by atoms with Gasteiger partial charge in [-0.15, -0.1) is 11.3 Å². The molecule has 0 aliphatic carbocycles. The third-order valence-corrected chi connectivity index (χ3v) is 5.06. The van der Waals surface area contributed by atoms with Gasteiger partial charge in [0.15, 0.2) is 10.9 Å². The fraction of sp³-hybridized carbons (Fsp3) is 0.120. The van der Waals surface area contributed by atoms with Crippen molar-refractivity contribution in [1.29, 1.82) is 0 Å². The zero-order chi connectivity index (χ0) is 21.9. The summed E-state index contributed by atoms with van der Waals surface area (Å²) in [5.41, 5.74) is 8.71. The summed E-state index contributed by atoms with van der Waals surface area (Å²) in [4.78, 5) is 16.1. The number of phenols is 1. The third-order valence-electron chi connectivity index (χ3n) is 4.45. The molecule has 5 heteroatoms. The van der Waals surface area contributed by atoms with Crippen LogP contribution in [0.25, 0.3) is 0 Å². The lowest BCUT2D eigenvalue weighted by atomic mass is 9.92. The second-order valence-electron chi connectivity index (χ2n) is 6.65. The molecule has 0 saturated heterocycles. The van der Waals surface area contributed by atoms with Crippen molar-refractivity contribution >= 4 is 22.3 Å². The molecular weight excluding hydrogens is 392 g/mol. The minimum absolute atomic E-state index is 0.0527. The van der Waals surface area contributed by atoms with Crippen molar-refractivity contribution in [3.05, 3.63) is 114 Å². The summed E-state index contributed by atoms with van der Waals surface area (Å²) in [6, 6.07) is 15.0. The van der Waals surface area contributed by atoms with Crippen molar-refractivity contribution in [2.24, 2.45) is 0 Å². The van der Waals surface area contributed by atoms with Gasteiger partial charge in [-0.05, 0) is 35.6 Å². The topological polar surface area (TPSA) is 76.2 Å². The molecule has 0 bridgehead atoms. The van der Waals surface area contributed by atoms with Gasteiger partial charge in [0.05, 0.1) is 0 Å². The number of Topliss-reactive ketones (excluding diaryl/α,β-unsaturated/α-hetero) is 1. The molecule has 4 nitrogen and oxygen atoms in total. The number of rotatable bonds is 7. The Labute approximate surface area is 181 Å². The van der Waals surface area contributed by atoms with Gasteiger partial charge >= 0.3 is 0 Å². The van der Waals surface area contributed by atoms with Gasteiger partial charge < -0.3 is 10.8 Å². The largest absolute Gasteiger partial charge is 0.508 e. The third kappa shape index (κ3) is 6.87. The molecule has 0 saturated carbocycles. The molecule has 0 fully saturated rings. The number of aromatic nitrogens is 1. The van der Waals surface area contributed by atoms with Crippen LogP contribution in [-0.2, 0) is 6.42 Å². The monoisotopic (exact) mass is 418 g/mol. The van der Waals surface area contributed by atoms with Gasteiger partial charge in [-0.1, -0.05) is 74.7 Å². The molecule has 2 aromatic carbocycles. The normalized spacial score (nSPS) is 11.7. The van der Waals surface area contributed by atoms with Crippen LogP contribution in [0.2, 0.25) is 0 Å². The van der Waals surface area contributed by atoms with Crippen molar-refractivity contribution in [3.8, 4) is 5.75 Å². The number of carbonyl (C=O) groups excluding carboxylic acids is 1. The maximum absolute atomic E-state index is 12.3. The van der Waals surface area contributed by atoms with Gasteiger partial charge in [0.2, 0.25) is 0 Å².